The lowest BCUT2D eigenvalue weighted by atomic mass is 9.91. The molecule has 0 unspecified atom stereocenters. The molecule has 166 valence electrons. The molecule has 2 fully saturated rings. The first kappa shape index (κ1) is 23.8. The molecule has 7 nitrogen and oxygen atoms in total. The standard InChI is InChI=1S/C22H39N3O4/c1-13(2)11-16(19(26)22(5)9-10-22)24-21(28)18(15-7-8-15)25-20(27)17(12-29-6)23-14(3)4/h13-18,23H,7-12H2,1-6H3,(H,24,28)(H,25,27)/t16-,17-,18-/m0/s1. The number of ketones is 1. The minimum Gasteiger partial charge on any atom is -0.383 e. The minimum atomic E-state index is -0.606. The van der Waals surface area contributed by atoms with E-state index in [1.54, 1.807) is 7.11 Å². The first-order valence-electron chi connectivity index (χ1n) is 11.0. The third kappa shape index (κ3) is 7.07. The Morgan fingerprint density at radius 1 is 1.00 bits per heavy atom. The van der Waals surface area contributed by atoms with Crippen molar-refractivity contribution in [2.24, 2.45) is 17.3 Å². The molecule has 0 bridgehead atoms. The van der Waals surface area contributed by atoms with Gasteiger partial charge in [0.05, 0.1) is 12.6 Å². The van der Waals surface area contributed by atoms with Crippen molar-refractivity contribution >= 4 is 17.6 Å². The average molecular weight is 410 g/mol. The Morgan fingerprint density at radius 3 is 2.07 bits per heavy atom. The van der Waals surface area contributed by atoms with Gasteiger partial charge in [0.25, 0.3) is 0 Å². The van der Waals surface area contributed by atoms with Crippen molar-refractivity contribution in [1.29, 1.82) is 0 Å². The van der Waals surface area contributed by atoms with Gasteiger partial charge in [0.15, 0.2) is 5.78 Å². The van der Waals surface area contributed by atoms with Crippen molar-refractivity contribution in [3.8, 4) is 0 Å². The molecule has 3 N–H and O–H groups in total. The van der Waals surface area contributed by atoms with Crippen molar-refractivity contribution in [1.82, 2.24) is 16.0 Å². The average Bonchev–Trinajstić information content (AvgIpc) is 3.54. The van der Waals surface area contributed by atoms with Gasteiger partial charge in [-0.2, -0.15) is 0 Å². The molecule has 0 aromatic carbocycles. The number of nitrogens with one attached hydrogen (secondary N) is 3. The van der Waals surface area contributed by atoms with E-state index in [1.807, 2.05) is 20.8 Å². The number of Topliss-reactive ketones (excluding diaryl/α,β-unsaturated/α-hetero) is 1. The molecule has 2 rings (SSSR count). The van der Waals surface area contributed by atoms with E-state index in [9.17, 15) is 14.4 Å². The van der Waals surface area contributed by atoms with Gasteiger partial charge in [-0.05, 0) is 43.9 Å². The lowest BCUT2D eigenvalue weighted by Gasteiger charge is -2.27. The van der Waals surface area contributed by atoms with Crippen LogP contribution in [-0.4, -0.2) is 55.5 Å². The van der Waals surface area contributed by atoms with Crippen LogP contribution in [0, 0.1) is 17.3 Å². The van der Waals surface area contributed by atoms with Crippen LogP contribution in [0.1, 0.15) is 66.7 Å². The Balaban J connectivity index is 2.05. The summed E-state index contributed by atoms with van der Waals surface area (Å²) < 4.78 is 5.16. The summed E-state index contributed by atoms with van der Waals surface area (Å²) in [5, 5.41) is 9.07. The number of methoxy groups -OCH3 is 1. The molecule has 0 radical (unpaired) electrons. The van der Waals surface area contributed by atoms with Gasteiger partial charge in [0, 0.05) is 18.6 Å². The highest BCUT2D eigenvalue weighted by molar-refractivity contribution is 5.97. The van der Waals surface area contributed by atoms with Crippen LogP contribution in [0.4, 0.5) is 0 Å². The molecule has 7 heteroatoms. The highest BCUT2D eigenvalue weighted by Crippen LogP contribution is 2.47. The van der Waals surface area contributed by atoms with Gasteiger partial charge in [-0.3, -0.25) is 14.4 Å². The van der Waals surface area contributed by atoms with Crippen LogP contribution >= 0.6 is 0 Å². The molecule has 2 aliphatic rings. The summed E-state index contributed by atoms with van der Waals surface area (Å²) in [7, 11) is 1.55. The number of hydrogen-bond acceptors (Lipinski definition) is 5. The molecular formula is C22H39N3O4. The lowest BCUT2D eigenvalue weighted by molar-refractivity contribution is -0.134. The van der Waals surface area contributed by atoms with E-state index < -0.39 is 18.1 Å². The van der Waals surface area contributed by atoms with E-state index in [4.69, 9.17) is 4.74 Å². The molecule has 2 aliphatic carbocycles. The van der Waals surface area contributed by atoms with Crippen LogP contribution in [0.15, 0.2) is 0 Å². The van der Waals surface area contributed by atoms with Crippen LogP contribution in [0.3, 0.4) is 0 Å². The topological polar surface area (TPSA) is 96.5 Å². The number of ether oxygens (including phenoxy) is 1. The maximum absolute atomic E-state index is 13.1. The van der Waals surface area contributed by atoms with Crippen LogP contribution < -0.4 is 16.0 Å². The first-order valence-corrected chi connectivity index (χ1v) is 11.0. The van der Waals surface area contributed by atoms with Crippen molar-refractivity contribution in [2.45, 2.75) is 90.9 Å². The fraction of sp³-hybridized carbons (Fsp3) is 0.864. The summed E-state index contributed by atoms with van der Waals surface area (Å²) in [5.41, 5.74) is -0.296. The van der Waals surface area contributed by atoms with E-state index >= 15 is 0 Å². The summed E-state index contributed by atoms with van der Waals surface area (Å²) in [5.74, 6) is 0.0619. The second kappa shape index (κ2) is 10.0. The van der Waals surface area contributed by atoms with Gasteiger partial charge in [-0.25, -0.2) is 0 Å². The van der Waals surface area contributed by atoms with Gasteiger partial charge in [-0.1, -0.05) is 34.6 Å². The number of carbonyl (C=O) groups excluding carboxylic acids is 3. The van der Waals surface area contributed by atoms with Gasteiger partial charge < -0.3 is 20.7 Å². The quantitative estimate of drug-likeness (QED) is 0.431. The summed E-state index contributed by atoms with van der Waals surface area (Å²) in [6, 6.07) is -1.50. The third-order valence-corrected chi connectivity index (χ3v) is 5.79. The Kier molecular flexibility index (Phi) is 8.23. The molecule has 0 heterocycles. The summed E-state index contributed by atoms with van der Waals surface area (Å²) in [6.07, 6.45) is 4.21. The molecule has 0 aromatic heterocycles. The normalized spacial score (nSPS) is 20.8. The van der Waals surface area contributed by atoms with Crippen LogP contribution in [0.2, 0.25) is 0 Å². The number of hydrogen-bond donors (Lipinski definition) is 3. The summed E-state index contributed by atoms with van der Waals surface area (Å²) >= 11 is 0. The molecule has 3 atom stereocenters. The minimum absolute atomic E-state index is 0.112. The molecule has 0 spiro atoms. The van der Waals surface area contributed by atoms with Gasteiger partial charge in [0.2, 0.25) is 11.8 Å². The molecule has 29 heavy (non-hydrogen) atoms. The van der Waals surface area contributed by atoms with Gasteiger partial charge >= 0.3 is 0 Å². The van der Waals surface area contributed by atoms with Crippen LogP contribution in [0.25, 0.3) is 0 Å². The second-order valence-electron chi connectivity index (χ2n) is 9.77. The second-order valence-corrected chi connectivity index (χ2v) is 9.77. The zero-order valence-corrected chi connectivity index (χ0v) is 18.8. The predicted molar refractivity (Wildman–Crippen MR) is 112 cm³/mol. The van der Waals surface area contributed by atoms with Crippen molar-refractivity contribution < 1.29 is 19.1 Å². The van der Waals surface area contributed by atoms with Crippen molar-refractivity contribution in [2.75, 3.05) is 13.7 Å². The van der Waals surface area contributed by atoms with E-state index in [0.717, 1.165) is 25.7 Å². The largest absolute Gasteiger partial charge is 0.383 e. The lowest BCUT2D eigenvalue weighted by Crippen LogP contribution is -2.58. The van der Waals surface area contributed by atoms with Crippen molar-refractivity contribution in [3.63, 3.8) is 0 Å². The van der Waals surface area contributed by atoms with E-state index in [2.05, 4.69) is 29.8 Å². The van der Waals surface area contributed by atoms with E-state index in [1.165, 1.54) is 0 Å². The van der Waals surface area contributed by atoms with Gasteiger partial charge in [0.1, 0.15) is 12.1 Å². The maximum atomic E-state index is 13.1. The zero-order chi connectivity index (χ0) is 21.8. The van der Waals surface area contributed by atoms with E-state index in [-0.39, 0.29) is 41.6 Å². The Morgan fingerprint density at radius 2 is 1.62 bits per heavy atom. The molecule has 0 aliphatic heterocycles. The zero-order valence-electron chi connectivity index (χ0n) is 18.8. The Labute approximate surface area is 175 Å². The summed E-state index contributed by atoms with van der Waals surface area (Å²) in [6.45, 7) is 10.2. The molecule has 2 saturated carbocycles. The highest BCUT2D eigenvalue weighted by Gasteiger charge is 2.48. The molecule has 2 amide bonds. The van der Waals surface area contributed by atoms with Crippen LogP contribution in [0.5, 0.6) is 0 Å². The predicted octanol–water partition coefficient (Wildman–Crippen LogP) is 1.79. The van der Waals surface area contributed by atoms with Crippen molar-refractivity contribution in [3.05, 3.63) is 0 Å². The number of amides is 2. The SMILES string of the molecule is COC[C@H](NC(C)C)C(=O)N[C@H](C(=O)N[C@@H](CC(C)C)C(=O)C1(C)CC1)C1CC1. The Hall–Kier alpha value is -1.47. The molecule has 0 saturated heterocycles. The van der Waals surface area contributed by atoms with E-state index in [0.29, 0.717) is 12.3 Å². The Bertz CT molecular complexity index is 597. The maximum Gasteiger partial charge on any atom is 0.243 e. The smallest absolute Gasteiger partial charge is 0.243 e. The summed E-state index contributed by atoms with van der Waals surface area (Å²) in [4.78, 5) is 38.8. The fourth-order valence-electron chi connectivity index (χ4n) is 3.67. The van der Waals surface area contributed by atoms with Gasteiger partial charge in [-0.15, -0.1) is 0 Å². The molecule has 0 aromatic rings. The van der Waals surface area contributed by atoms with Crippen LogP contribution in [-0.2, 0) is 19.1 Å². The number of rotatable bonds is 13. The number of carbonyl (C=O) groups is 3. The fourth-order valence-corrected chi connectivity index (χ4v) is 3.67. The highest BCUT2D eigenvalue weighted by atomic mass is 16.5. The molecular weight excluding hydrogens is 370 g/mol. The third-order valence-electron chi connectivity index (χ3n) is 5.79. The first-order chi connectivity index (χ1) is 13.6. The monoisotopic (exact) mass is 409 g/mol.